The van der Waals surface area contributed by atoms with E-state index in [2.05, 4.69) is 5.43 Å². The molecule has 1 unspecified atom stereocenters. The minimum atomic E-state index is -4.56. The van der Waals surface area contributed by atoms with Crippen LogP contribution in [0, 0.1) is 0 Å². The first-order valence-corrected chi connectivity index (χ1v) is 8.44. The predicted molar refractivity (Wildman–Crippen MR) is 92.6 cm³/mol. The van der Waals surface area contributed by atoms with E-state index in [-0.39, 0.29) is 12.0 Å². The molecular formula is C19H21F3N2O2. The molecule has 1 aliphatic heterocycles. The van der Waals surface area contributed by atoms with Gasteiger partial charge in [0.1, 0.15) is 5.75 Å². The molecule has 1 atom stereocenters. The van der Waals surface area contributed by atoms with Crippen LogP contribution in [-0.2, 0) is 4.79 Å². The van der Waals surface area contributed by atoms with Crippen molar-refractivity contribution in [3.63, 3.8) is 0 Å². The van der Waals surface area contributed by atoms with Gasteiger partial charge in [-0.05, 0) is 49.2 Å². The van der Waals surface area contributed by atoms with E-state index in [1.54, 1.807) is 44.2 Å². The first-order chi connectivity index (χ1) is 12.1. The number of benzene rings is 2. The number of hydrogen-bond donors (Lipinski definition) is 1. The van der Waals surface area contributed by atoms with Crippen molar-refractivity contribution >= 4 is 16.7 Å². The number of nitrogens with one attached hydrogen (secondary N) is 1. The van der Waals surface area contributed by atoms with Gasteiger partial charge in [-0.2, -0.15) is 18.2 Å². The SMILES string of the molecule is CCOc1ccc2cccc(C(N3NC(=O)CC3(C)C)C(F)(F)F)c2c1. The normalized spacial score (nSPS) is 18.8. The number of ether oxygens (including phenoxy) is 1. The summed E-state index contributed by atoms with van der Waals surface area (Å²) in [7, 11) is 0. The summed E-state index contributed by atoms with van der Waals surface area (Å²) in [4.78, 5) is 11.8. The minimum absolute atomic E-state index is 0.00847. The summed E-state index contributed by atoms with van der Waals surface area (Å²) in [5, 5.41) is 2.17. The van der Waals surface area contributed by atoms with Crippen molar-refractivity contribution in [2.24, 2.45) is 0 Å². The molecule has 0 bridgehead atoms. The number of amides is 1. The monoisotopic (exact) mass is 366 g/mol. The van der Waals surface area contributed by atoms with Crippen molar-refractivity contribution < 1.29 is 22.7 Å². The maximum atomic E-state index is 14.1. The fourth-order valence-corrected chi connectivity index (χ4v) is 3.45. The highest BCUT2D eigenvalue weighted by Gasteiger charge is 2.53. The number of hydrazine groups is 1. The van der Waals surface area contributed by atoms with Gasteiger partial charge in [0.25, 0.3) is 0 Å². The Kier molecular flexibility index (Phi) is 4.60. The first-order valence-electron chi connectivity index (χ1n) is 8.44. The van der Waals surface area contributed by atoms with Crippen molar-refractivity contribution in [1.82, 2.24) is 10.4 Å². The molecule has 1 fully saturated rings. The molecule has 1 amide bonds. The highest BCUT2D eigenvalue weighted by Crippen LogP contribution is 2.45. The van der Waals surface area contributed by atoms with Gasteiger partial charge in [-0.3, -0.25) is 10.2 Å². The van der Waals surface area contributed by atoms with Crippen LogP contribution in [0.25, 0.3) is 10.8 Å². The van der Waals surface area contributed by atoms with Gasteiger partial charge in [-0.1, -0.05) is 24.3 Å². The summed E-state index contributed by atoms with van der Waals surface area (Å²) in [5.74, 6) is 0.0950. The van der Waals surface area contributed by atoms with Gasteiger partial charge in [-0.15, -0.1) is 0 Å². The van der Waals surface area contributed by atoms with E-state index in [1.165, 1.54) is 6.07 Å². The molecule has 1 aliphatic rings. The van der Waals surface area contributed by atoms with E-state index in [1.807, 2.05) is 6.92 Å². The molecule has 2 aromatic carbocycles. The Labute approximate surface area is 149 Å². The second kappa shape index (κ2) is 6.46. The topological polar surface area (TPSA) is 41.6 Å². The highest BCUT2D eigenvalue weighted by molar-refractivity contribution is 5.88. The number of nitrogens with zero attached hydrogens (tertiary/aromatic N) is 1. The number of carbonyl (C=O) groups is 1. The molecular weight excluding hydrogens is 345 g/mol. The van der Waals surface area contributed by atoms with Crippen LogP contribution in [0.1, 0.15) is 38.8 Å². The average molecular weight is 366 g/mol. The van der Waals surface area contributed by atoms with Gasteiger partial charge < -0.3 is 4.74 Å². The van der Waals surface area contributed by atoms with Gasteiger partial charge in [0.2, 0.25) is 5.91 Å². The smallest absolute Gasteiger partial charge is 0.409 e. The van der Waals surface area contributed by atoms with Crippen LogP contribution >= 0.6 is 0 Å². The molecule has 140 valence electrons. The largest absolute Gasteiger partial charge is 0.494 e. The zero-order chi connectivity index (χ0) is 19.1. The van der Waals surface area contributed by atoms with Crippen molar-refractivity contribution in [3.8, 4) is 5.75 Å². The number of carbonyl (C=O) groups excluding carboxylic acids is 1. The van der Waals surface area contributed by atoms with E-state index in [9.17, 15) is 18.0 Å². The zero-order valence-electron chi connectivity index (χ0n) is 14.9. The van der Waals surface area contributed by atoms with Gasteiger partial charge in [0, 0.05) is 12.0 Å². The highest BCUT2D eigenvalue weighted by atomic mass is 19.4. The van der Waals surface area contributed by atoms with Crippen LogP contribution in [-0.4, -0.2) is 29.2 Å². The Morgan fingerprint density at radius 1 is 1.27 bits per heavy atom. The third-order valence-electron chi connectivity index (χ3n) is 4.55. The van der Waals surface area contributed by atoms with Gasteiger partial charge in [-0.25, -0.2) is 0 Å². The van der Waals surface area contributed by atoms with Crippen LogP contribution in [0.2, 0.25) is 0 Å². The number of halogens is 3. The van der Waals surface area contributed by atoms with Crippen LogP contribution in [0.3, 0.4) is 0 Å². The maximum absolute atomic E-state index is 14.1. The molecule has 1 heterocycles. The van der Waals surface area contributed by atoms with Crippen LogP contribution in [0.4, 0.5) is 13.2 Å². The number of fused-ring (bicyclic) bond motifs is 1. The molecule has 0 aromatic heterocycles. The zero-order valence-corrected chi connectivity index (χ0v) is 14.9. The van der Waals surface area contributed by atoms with Crippen molar-refractivity contribution in [2.75, 3.05) is 6.61 Å². The third-order valence-corrected chi connectivity index (χ3v) is 4.55. The summed E-state index contributed by atoms with van der Waals surface area (Å²) >= 11 is 0. The maximum Gasteiger partial charge on any atom is 0.409 e. The molecule has 7 heteroatoms. The Bertz CT molecular complexity index is 833. The molecule has 26 heavy (non-hydrogen) atoms. The second-order valence-corrected chi connectivity index (χ2v) is 7.00. The standard InChI is InChI=1S/C19H21F3N2O2/c1-4-26-13-9-8-12-6-5-7-14(15(12)10-13)17(19(20,21)22)24-18(2,3)11-16(25)23-24/h5-10,17H,4,11H2,1-3H3,(H,23,25). The number of rotatable bonds is 4. The summed E-state index contributed by atoms with van der Waals surface area (Å²) < 4.78 is 47.7. The predicted octanol–water partition coefficient (Wildman–Crippen LogP) is 4.36. The van der Waals surface area contributed by atoms with Crippen LogP contribution in [0.5, 0.6) is 5.75 Å². The van der Waals surface area contributed by atoms with E-state index < -0.39 is 23.7 Å². The summed E-state index contributed by atoms with van der Waals surface area (Å²) in [6.45, 7) is 5.49. The molecule has 0 radical (unpaired) electrons. The Hall–Kier alpha value is -2.28. The van der Waals surface area contributed by atoms with Gasteiger partial charge in [0.05, 0.1) is 6.61 Å². The molecule has 4 nitrogen and oxygen atoms in total. The van der Waals surface area contributed by atoms with E-state index in [4.69, 9.17) is 4.74 Å². The van der Waals surface area contributed by atoms with Crippen molar-refractivity contribution in [2.45, 2.75) is 44.9 Å². The first kappa shape index (κ1) is 18.5. The minimum Gasteiger partial charge on any atom is -0.494 e. The van der Waals surface area contributed by atoms with E-state index >= 15 is 0 Å². The Morgan fingerprint density at radius 3 is 2.58 bits per heavy atom. The Morgan fingerprint density at radius 2 is 2.00 bits per heavy atom. The molecule has 3 rings (SSSR count). The molecule has 0 aliphatic carbocycles. The second-order valence-electron chi connectivity index (χ2n) is 7.00. The summed E-state index contributed by atoms with van der Waals surface area (Å²) in [5.41, 5.74) is 1.53. The number of alkyl halides is 3. The number of hydrogen-bond acceptors (Lipinski definition) is 3. The third kappa shape index (κ3) is 3.35. The van der Waals surface area contributed by atoms with Crippen molar-refractivity contribution in [3.05, 3.63) is 42.0 Å². The lowest BCUT2D eigenvalue weighted by Gasteiger charge is -2.38. The average Bonchev–Trinajstić information content (AvgIpc) is 2.79. The lowest BCUT2D eigenvalue weighted by atomic mass is 9.93. The van der Waals surface area contributed by atoms with E-state index in [0.29, 0.717) is 23.1 Å². The summed E-state index contributed by atoms with van der Waals surface area (Å²) in [6, 6.07) is 7.96. The molecule has 0 saturated carbocycles. The van der Waals surface area contributed by atoms with Gasteiger partial charge in [0.15, 0.2) is 6.04 Å². The molecule has 2 aromatic rings. The fourth-order valence-electron chi connectivity index (χ4n) is 3.45. The molecule has 1 N–H and O–H groups in total. The van der Waals surface area contributed by atoms with Crippen LogP contribution in [0.15, 0.2) is 36.4 Å². The van der Waals surface area contributed by atoms with Gasteiger partial charge >= 0.3 is 6.18 Å². The van der Waals surface area contributed by atoms with E-state index in [0.717, 1.165) is 5.01 Å². The fraction of sp³-hybridized carbons (Fsp3) is 0.421. The summed E-state index contributed by atoms with van der Waals surface area (Å²) in [6.07, 6.45) is -4.56. The lowest BCUT2D eigenvalue weighted by molar-refractivity contribution is -0.203. The lowest BCUT2D eigenvalue weighted by Crippen LogP contribution is -2.51. The Balaban J connectivity index is 2.19. The van der Waals surface area contributed by atoms with Crippen molar-refractivity contribution in [1.29, 1.82) is 0 Å². The quantitative estimate of drug-likeness (QED) is 0.874. The van der Waals surface area contributed by atoms with Crippen LogP contribution < -0.4 is 10.2 Å². The molecule has 1 saturated heterocycles. The molecule has 0 spiro atoms.